The molecule has 3 aromatic heterocycles. The molecule has 0 saturated heterocycles. The monoisotopic (exact) mass is 321 g/mol. The number of nitriles is 1. The molecular weight excluding hydrogens is 302 g/mol. The molecule has 0 fully saturated rings. The van der Waals surface area contributed by atoms with Gasteiger partial charge in [-0.1, -0.05) is 11.2 Å². The molecule has 0 saturated carbocycles. The van der Waals surface area contributed by atoms with Crippen LogP contribution in [0.4, 0.5) is 0 Å². The van der Waals surface area contributed by atoms with Crippen molar-refractivity contribution >= 4 is 0 Å². The molecule has 0 unspecified atom stereocenters. The highest BCUT2D eigenvalue weighted by Crippen LogP contribution is 2.19. The first kappa shape index (κ1) is 16.0. The van der Waals surface area contributed by atoms with Crippen molar-refractivity contribution in [1.29, 1.82) is 5.26 Å². The van der Waals surface area contributed by atoms with Gasteiger partial charge in [0.05, 0.1) is 12.2 Å². The molecule has 0 aliphatic carbocycles. The largest absolute Gasteiger partial charge is 0.359 e. The molecule has 24 heavy (non-hydrogen) atoms. The van der Waals surface area contributed by atoms with E-state index in [4.69, 9.17) is 9.78 Å². The van der Waals surface area contributed by atoms with E-state index in [9.17, 15) is 0 Å². The molecule has 0 amide bonds. The number of pyridine rings is 1. The van der Waals surface area contributed by atoms with Gasteiger partial charge in [-0.2, -0.15) is 5.26 Å². The van der Waals surface area contributed by atoms with Crippen LogP contribution in [0.3, 0.4) is 0 Å². The Labute approximate surface area is 140 Å². The van der Waals surface area contributed by atoms with Crippen LogP contribution in [-0.4, -0.2) is 26.7 Å². The van der Waals surface area contributed by atoms with E-state index in [1.165, 1.54) is 0 Å². The summed E-state index contributed by atoms with van der Waals surface area (Å²) in [7, 11) is 3.93. The Morgan fingerprint density at radius 3 is 2.75 bits per heavy atom. The molecule has 0 radical (unpaired) electrons. The van der Waals surface area contributed by atoms with Crippen molar-refractivity contribution in [2.75, 3.05) is 7.05 Å². The van der Waals surface area contributed by atoms with Gasteiger partial charge in [0.15, 0.2) is 5.76 Å². The molecule has 0 atom stereocenters. The molecule has 6 nitrogen and oxygen atoms in total. The van der Waals surface area contributed by atoms with Gasteiger partial charge < -0.3 is 9.09 Å². The molecule has 0 bridgehead atoms. The van der Waals surface area contributed by atoms with Crippen molar-refractivity contribution in [3.05, 3.63) is 59.2 Å². The average molecular weight is 321 g/mol. The minimum Gasteiger partial charge on any atom is -0.359 e. The second-order valence-corrected chi connectivity index (χ2v) is 5.88. The Bertz CT molecular complexity index is 873. The van der Waals surface area contributed by atoms with Crippen molar-refractivity contribution < 1.29 is 4.52 Å². The molecule has 0 N–H and O–H groups in total. The summed E-state index contributed by atoms with van der Waals surface area (Å²) < 4.78 is 7.33. The standard InChI is InChI=1S/C18H19N5O/c1-13-14(8-15(10-19)23(13)3)11-22(2)12-16-9-18(21-24-16)17-6-4-5-7-20-17/h4-9H,11-12H2,1-3H3. The summed E-state index contributed by atoms with van der Waals surface area (Å²) in [6, 6.07) is 11.8. The first-order valence-electron chi connectivity index (χ1n) is 7.69. The molecule has 0 spiro atoms. The fourth-order valence-corrected chi connectivity index (χ4v) is 2.66. The van der Waals surface area contributed by atoms with E-state index in [1.54, 1.807) is 6.20 Å². The van der Waals surface area contributed by atoms with Gasteiger partial charge in [-0.05, 0) is 37.7 Å². The van der Waals surface area contributed by atoms with Crippen LogP contribution in [0.25, 0.3) is 11.4 Å². The second-order valence-electron chi connectivity index (χ2n) is 5.88. The van der Waals surface area contributed by atoms with E-state index in [2.05, 4.69) is 21.1 Å². The van der Waals surface area contributed by atoms with Gasteiger partial charge in [-0.3, -0.25) is 9.88 Å². The molecule has 0 aromatic carbocycles. The lowest BCUT2D eigenvalue weighted by Gasteiger charge is -2.14. The lowest BCUT2D eigenvalue weighted by molar-refractivity contribution is 0.266. The van der Waals surface area contributed by atoms with Crippen LogP contribution < -0.4 is 0 Å². The summed E-state index contributed by atoms with van der Waals surface area (Å²) in [6.07, 6.45) is 1.74. The predicted molar refractivity (Wildman–Crippen MR) is 89.8 cm³/mol. The third-order valence-electron chi connectivity index (χ3n) is 4.11. The van der Waals surface area contributed by atoms with Gasteiger partial charge in [-0.15, -0.1) is 0 Å². The van der Waals surface area contributed by atoms with Crippen molar-refractivity contribution in [3.63, 3.8) is 0 Å². The second kappa shape index (κ2) is 6.69. The zero-order valence-corrected chi connectivity index (χ0v) is 14.0. The molecule has 0 aliphatic heterocycles. The zero-order chi connectivity index (χ0) is 17.1. The van der Waals surface area contributed by atoms with Gasteiger partial charge in [-0.25, -0.2) is 0 Å². The lowest BCUT2D eigenvalue weighted by atomic mass is 10.2. The zero-order valence-electron chi connectivity index (χ0n) is 14.0. The van der Waals surface area contributed by atoms with Crippen molar-refractivity contribution in [3.8, 4) is 17.5 Å². The Morgan fingerprint density at radius 1 is 1.25 bits per heavy atom. The summed E-state index contributed by atoms with van der Waals surface area (Å²) in [4.78, 5) is 6.40. The normalized spacial score (nSPS) is 11.0. The topological polar surface area (TPSA) is 70.9 Å². The van der Waals surface area contributed by atoms with Crippen molar-refractivity contribution in [2.45, 2.75) is 20.0 Å². The number of hydrogen-bond acceptors (Lipinski definition) is 5. The Balaban J connectivity index is 1.69. The van der Waals surface area contributed by atoms with E-state index in [0.29, 0.717) is 12.2 Å². The van der Waals surface area contributed by atoms with Crippen LogP contribution in [0.2, 0.25) is 0 Å². The predicted octanol–water partition coefficient (Wildman–Crippen LogP) is 2.89. The Kier molecular flexibility index (Phi) is 4.45. The number of rotatable bonds is 5. The van der Waals surface area contributed by atoms with Gasteiger partial charge in [0.25, 0.3) is 0 Å². The van der Waals surface area contributed by atoms with E-state index in [-0.39, 0.29) is 0 Å². The van der Waals surface area contributed by atoms with Gasteiger partial charge in [0, 0.05) is 31.5 Å². The molecule has 6 heteroatoms. The average Bonchev–Trinajstić information content (AvgIpc) is 3.15. The summed E-state index contributed by atoms with van der Waals surface area (Å²) in [5.74, 6) is 0.784. The van der Waals surface area contributed by atoms with Gasteiger partial charge >= 0.3 is 0 Å². The minimum absolute atomic E-state index is 0.635. The summed E-state index contributed by atoms with van der Waals surface area (Å²) in [5.41, 5.74) is 4.45. The highest BCUT2D eigenvalue weighted by molar-refractivity contribution is 5.52. The van der Waals surface area contributed by atoms with Crippen LogP contribution in [-0.2, 0) is 20.1 Å². The third-order valence-corrected chi connectivity index (χ3v) is 4.11. The first-order chi connectivity index (χ1) is 11.6. The van der Waals surface area contributed by atoms with E-state index in [0.717, 1.165) is 35.0 Å². The van der Waals surface area contributed by atoms with Crippen molar-refractivity contribution in [2.24, 2.45) is 7.05 Å². The van der Waals surface area contributed by atoms with Crippen molar-refractivity contribution in [1.82, 2.24) is 19.6 Å². The smallest absolute Gasteiger partial charge is 0.151 e. The maximum atomic E-state index is 9.12. The van der Waals surface area contributed by atoms with E-state index < -0.39 is 0 Å². The third kappa shape index (κ3) is 3.21. The van der Waals surface area contributed by atoms with Crippen LogP contribution in [0.1, 0.15) is 22.7 Å². The summed E-state index contributed by atoms with van der Waals surface area (Å²) >= 11 is 0. The molecule has 3 heterocycles. The lowest BCUT2D eigenvalue weighted by Crippen LogP contribution is -2.17. The van der Waals surface area contributed by atoms with Crippen LogP contribution in [0, 0.1) is 18.3 Å². The number of aromatic nitrogens is 3. The number of hydrogen-bond donors (Lipinski definition) is 0. The molecule has 122 valence electrons. The summed E-state index contributed by atoms with van der Waals surface area (Å²) in [6.45, 7) is 3.40. The fourth-order valence-electron chi connectivity index (χ4n) is 2.66. The summed E-state index contributed by atoms with van der Waals surface area (Å²) in [5, 5.41) is 13.2. The number of nitrogens with zero attached hydrogens (tertiary/aromatic N) is 5. The molecular formula is C18H19N5O. The van der Waals surface area contributed by atoms with Crippen LogP contribution in [0.5, 0.6) is 0 Å². The quantitative estimate of drug-likeness (QED) is 0.722. The Hall–Kier alpha value is -2.91. The highest BCUT2D eigenvalue weighted by atomic mass is 16.5. The van der Waals surface area contributed by atoms with Gasteiger partial charge in [0.2, 0.25) is 0 Å². The van der Waals surface area contributed by atoms with Crippen LogP contribution in [0.15, 0.2) is 41.1 Å². The first-order valence-corrected chi connectivity index (χ1v) is 7.69. The van der Waals surface area contributed by atoms with Gasteiger partial charge in [0.1, 0.15) is 17.5 Å². The van der Waals surface area contributed by atoms with Crippen LogP contribution >= 0.6 is 0 Å². The molecule has 3 rings (SSSR count). The maximum absolute atomic E-state index is 9.12. The minimum atomic E-state index is 0.635. The van der Waals surface area contributed by atoms with E-state index >= 15 is 0 Å². The highest BCUT2D eigenvalue weighted by Gasteiger charge is 2.13. The molecule has 0 aliphatic rings. The maximum Gasteiger partial charge on any atom is 0.151 e. The van der Waals surface area contributed by atoms with E-state index in [1.807, 2.05) is 55.9 Å². The molecule has 3 aromatic rings. The SMILES string of the molecule is Cc1c(CN(C)Cc2cc(-c3ccccn3)no2)cc(C#N)n1C. The Morgan fingerprint density at radius 2 is 2.08 bits per heavy atom. The fraction of sp³-hybridized carbons (Fsp3) is 0.278.